The third kappa shape index (κ3) is 3.04. The maximum absolute atomic E-state index is 5.44. The highest BCUT2D eigenvalue weighted by Gasteiger charge is 2.03. The Morgan fingerprint density at radius 3 is 3.00 bits per heavy atom. The van der Waals surface area contributed by atoms with Crippen LogP contribution >= 0.6 is 11.8 Å². The zero-order valence-corrected chi connectivity index (χ0v) is 9.10. The molecule has 0 spiro atoms. The molecular weight excluding hydrogens is 182 g/mol. The molecule has 1 aromatic rings. The molecule has 0 fully saturated rings. The fourth-order valence-corrected chi connectivity index (χ4v) is 1.94. The molecule has 0 aliphatic heterocycles. The smallest absolute Gasteiger partial charge is 0.0729 e. The molecule has 3 nitrogen and oxygen atoms in total. The van der Waals surface area contributed by atoms with Crippen LogP contribution in [0.1, 0.15) is 19.0 Å². The van der Waals surface area contributed by atoms with Gasteiger partial charge in [-0.15, -0.1) is 11.8 Å². The number of rotatable bonds is 5. The molecule has 0 aliphatic rings. The van der Waals surface area contributed by atoms with E-state index in [1.807, 2.05) is 11.6 Å². The maximum Gasteiger partial charge on any atom is 0.0729 e. The van der Waals surface area contributed by atoms with Gasteiger partial charge in [0.15, 0.2) is 0 Å². The van der Waals surface area contributed by atoms with Gasteiger partial charge in [0.25, 0.3) is 0 Å². The molecule has 0 saturated carbocycles. The number of hydrogen-bond donors (Lipinski definition) is 1. The lowest BCUT2D eigenvalue weighted by atomic mass is 10.5. The van der Waals surface area contributed by atoms with Crippen molar-refractivity contribution in [3.8, 4) is 0 Å². The van der Waals surface area contributed by atoms with Crippen LogP contribution in [0.4, 0.5) is 0 Å². The lowest BCUT2D eigenvalue weighted by Gasteiger charge is -1.95. The Bertz CT molecular complexity index is 257. The molecular formula is C9H17N3S. The van der Waals surface area contributed by atoms with Crippen LogP contribution in [0, 0.1) is 6.92 Å². The summed E-state index contributed by atoms with van der Waals surface area (Å²) in [5, 5.41) is 4.41. The first-order valence-electron chi connectivity index (χ1n) is 4.64. The van der Waals surface area contributed by atoms with E-state index in [4.69, 9.17) is 5.73 Å². The van der Waals surface area contributed by atoms with Crippen molar-refractivity contribution in [2.75, 3.05) is 12.3 Å². The molecule has 0 unspecified atom stereocenters. The lowest BCUT2D eigenvalue weighted by molar-refractivity contribution is 0.598. The minimum Gasteiger partial charge on any atom is -0.330 e. The van der Waals surface area contributed by atoms with E-state index < -0.39 is 0 Å². The Hall–Kier alpha value is -0.480. The van der Waals surface area contributed by atoms with Crippen LogP contribution in [0.2, 0.25) is 0 Å². The second-order valence-electron chi connectivity index (χ2n) is 2.98. The predicted molar refractivity (Wildman–Crippen MR) is 57.0 cm³/mol. The number of aryl methyl sites for hydroxylation is 2. The summed E-state index contributed by atoms with van der Waals surface area (Å²) < 4.78 is 2.01. The molecule has 1 aromatic heterocycles. The summed E-state index contributed by atoms with van der Waals surface area (Å²) in [5.74, 6) is 0.971. The summed E-state index contributed by atoms with van der Waals surface area (Å²) >= 11 is 1.79. The highest BCUT2D eigenvalue weighted by Crippen LogP contribution is 2.20. The van der Waals surface area contributed by atoms with E-state index in [1.165, 1.54) is 4.90 Å². The Balaban J connectivity index is 2.60. The van der Waals surface area contributed by atoms with Crippen molar-refractivity contribution in [3.05, 3.63) is 11.9 Å². The molecule has 1 rings (SSSR count). The monoisotopic (exact) mass is 199 g/mol. The first kappa shape index (κ1) is 10.6. The molecule has 1 heterocycles. The van der Waals surface area contributed by atoms with Gasteiger partial charge in [0.2, 0.25) is 0 Å². The van der Waals surface area contributed by atoms with Crippen LogP contribution in [0.15, 0.2) is 11.1 Å². The largest absolute Gasteiger partial charge is 0.330 e. The summed E-state index contributed by atoms with van der Waals surface area (Å²) in [6, 6.07) is 0. The minimum atomic E-state index is 0.725. The van der Waals surface area contributed by atoms with Gasteiger partial charge in [0, 0.05) is 29.9 Å². The first-order chi connectivity index (χ1) is 6.27. The fraction of sp³-hybridized carbons (Fsp3) is 0.667. The quantitative estimate of drug-likeness (QED) is 0.733. The van der Waals surface area contributed by atoms with E-state index in [1.54, 1.807) is 11.8 Å². The molecule has 0 aliphatic carbocycles. The van der Waals surface area contributed by atoms with Gasteiger partial charge < -0.3 is 5.73 Å². The summed E-state index contributed by atoms with van der Waals surface area (Å²) in [5.41, 5.74) is 6.56. The molecule has 0 radical (unpaired) electrons. The zero-order valence-electron chi connectivity index (χ0n) is 8.29. The predicted octanol–water partition coefficient (Wildman–Crippen LogP) is 1.65. The van der Waals surface area contributed by atoms with E-state index in [9.17, 15) is 0 Å². The molecule has 0 bridgehead atoms. The van der Waals surface area contributed by atoms with Gasteiger partial charge in [0.1, 0.15) is 0 Å². The van der Waals surface area contributed by atoms with Crippen LogP contribution in [0.5, 0.6) is 0 Å². The van der Waals surface area contributed by atoms with Crippen molar-refractivity contribution >= 4 is 11.8 Å². The van der Waals surface area contributed by atoms with Crippen LogP contribution in [-0.2, 0) is 6.54 Å². The third-order valence-electron chi connectivity index (χ3n) is 1.73. The number of nitrogens with two attached hydrogens (primary N) is 1. The van der Waals surface area contributed by atoms with E-state index in [-0.39, 0.29) is 0 Å². The van der Waals surface area contributed by atoms with Gasteiger partial charge in [0.05, 0.1) is 5.69 Å². The fourth-order valence-electron chi connectivity index (χ4n) is 1.15. The van der Waals surface area contributed by atoms with E-state index in [2.05, 4.69) is 18.2 Å². The van der Waals surface area contributed by atoms with Crippen LogP contribution in [-0.4, -0.2) is 22.1 Å². The standard InChI is InChI=1S/C9H17N3S/c1-3-5-12-7-9(8(2)11-12)13-6-4-10/h7H,3-6,10H2,1-2H3. The highest BCUT2D eigenvalue weighted by atomic mass is 32.2. The maximum atomic E-state index is 5.44. The van der Waals surface area contributed by atoms with Gasteiger partial charge >= 0.3 is 0 Å². The van der Waals surface area contributed by atoms with E-state index in [0.717, 1.165) is 31.0 Å². The number of thioether (sulfide) groups is 1. The summed E-state index contributed by atoms with van der Waals surface area (Å²) in [4.78, 5) is 1.26. The van der Waals surface area contributed by atoms with Gasteiger partial charge in [-0.05, 0) is 13.3 Å². The third-order valence-corrected chi connectivity index (χ3v) is 2.88. The van der Waals surface area contributed by atoms with Crippen molar-refractivity contribution in [1.29, 1.82) is 0 Å². The molecule has 74 valence electrons. The molecule has 2 N–H and O–H groups in total. The normalized spacial score (nSPS) is 10.7. The molecule has 4 heteroatoms. The minimum absolute atomic E-state index is 0.725. The van der Waals surface area contributed by atoms with Gasteiger partial charge in [-0.25, -0.2) is 0 Å². The molecule has 0 saturated heterocycles. The summed E-state index contributed by atoms with van der Waals surface area (Å²) in [6.07, 6.45) is 3.24. The topological polar surface area (TPSA) is 43.8 Å². The SMILES string of the molecule is CCCn1cc(SCCN)c(C)n1. The Morgan fingerprint density at radius 1 is 1.62 bits per heavy atom. The number of aromatic nitrogens is 2. The molecule has 13 heavy (non-hydrogen) atoms. The molecule has 0 atom stereocenters. The highest BCUT2D eigenvalue weighted by molar-refractivity contribution is 7.99. The number of nitrogens with zero attached hydrogens (tertiary/aromatic N) is 2. The molecule has 0 amide bonds. The van der Waals surface area contributed by atoms with Gasteiger partial charge in [-0.3, -0.25) is 4.68 Å². The van der Waals surface area contributed by atoms with Gasteiger partial charge in [-0.1, -0.05) is 6.92 Å². The van der Waals surface area contributed by atoms with Crippen LogP contribution in [0.3, 0.4) is 0 Å². The lowest BCUT2D eigenvalue weighted by Crippen LogP contribution is -2.00. The van der Waals surface area contributed by atoms with E-state index in [0.29, 0.717) is 0 Å². The average Bonchev–Trinajstić information content (AvgIpc) is 2.44. The van der Waals surface area contributed by atoms with Crippen molar-refractivity contribution in [1.82, 2.24) is 9.78 Å². The second kappa shape index (κ2) is 5.29. The van der Waals surface area contributed by atoms with Gasteiger partial charge in [-0.2, -0.15) is 5.10 Å². The van der Waals surface area contributed by atoms with Crippen molar-refractivity contribution in [3.63, 3.8) is 0 Å². The van der Waals surface area contributed by atoms with Crippen molar-refractivity contribution in [2.24, 2.45) is 5.73 Å². The Kier molecular flexibility index (Phi) is 4.32. The number of hydrogen-bond acceptors (Lipinski definition) is 3. The summed E-state index contributed by atoms with van der Waals surface area (Å²) in [7, 11) is 0. The average molecular weight is 199 g/mol. The van der Waals surface area contributed by atoms with Crippen LogP contribution < -0.4 is 5.73 Å². The summed E-state index contributed by atoms with van der Waals surface area (Å²) in [6.45, 7) is 5.93. The van der Waals surface area contributed by atoms with Crippen LogP contribution in [0.25, 0.3) is 0 Å². The Labute approximate surface area is 83.7 Å². The van der Waals surface area contributed by atoms with Crippen molar-refractivity contribution < 1.29 is 0 Å². The molecule has 0 aromatic carbocycles. The zero-order chi connectivity index (χ0) is 9.68. The van der Waals surface area contributed by atoms with Crippen molar-refractivity contribution in [2.45, 2.75) is 31.7 Å². The van der Waals surface area contributed by atoms with E-state index >= 15 is 0 Å². The Morgan fingerprint density at radius 2 is 2.38 bits per heavy atom. The first-order valence-corrected chi connectivity index (χ1v) is 5.63. The second-order valence-corrected chi connectivity index (χ2v) is 4.12.